The number of carbonyl (C=O) groups excluding carboxylic acids is 1. The van der Waals surface area contributed by atoms with E-state index >= 15 is 0 Å². The Balaban J connectivity index is 2.66. The Morgan fingerprint density at radius 3 is 2.70 bits per heavy atom. The summed E-state index contributed by atoms with van der Waals surface area (Å²) in [5.41, 5.74) is 0. The monoisotopic (exact) mass is 144 g/mol. The van der Waals surface area contributed by atoms with Crippen molar-refractivity contribution < 1.29 is 14.7 Å². The number of amides is 2. The summed E-state index contributed by atoms with van der Waals surface area (Å²) in [6.45, 7) is 0.199. The molecule has 1 rings (SSSR count). The lowest BCUT2D eigenvalue weighted by molar-refractivity contribution is -0.140. The van der Waals surface area contributed by atoms with Crippen molar-refractivity contribution in [1.82, 2.24) is 10.2 Å². The summed E-state index contributed by atoms with van der Waals surface area (Å²) >= 11 is 0. The van der Waals surface area contributed by atoms with Crippen LogP contribution in [0.3, 0.4) is 0 Å². The van der Waals surface area contributed by atoms with E-state index in [0.717, 1.165) is 0 Å². The van der Waals surface area contributed by atoms with E-state index in [2.05, 4.69) is 5.32 Å². The summed E-state index contributed by atoms with van der Waals surface area (Å²) in [6.07, 6.45) is 0. The Morgan fingerprint density at radius 1 is 1.90 bits per heavy atom. The second-order valence-electron chi connectivity index (χ2n) is 2.15. The molecule has 1 heterocycles. The lowest BCUT2D eigenvalue weighted by atomic mass is 10.3. The molecule has 0 aromatic heterocycles. The molecule has 1 fully saturated rings. The molecule has 0 aliphatic carbocycles. The highest BCUT2D eigenvalue weighted by Gasteiger charge is 2.32. The molecule has 0 radical (unpaired) electrons. The molecular weight excluding hydrogens is 136 g/mol. The van der Waals surface area contributed by atoms with Crippen molar-refractivity contribution >= 4 is 12.0 Å². The normalized spacial score (nSPS) is 24.7. The first-order valence-electron chi connectivity index (χ1n) is 2.86. The third-order valence-corrected chi connectivity index (χ3v) is 1.52. The second kappa shape index (κ2) is 2.17. The summed E-state index contributed by atoms with van der Waals surface area (Å²) in [5.74, 6) is -0.971. The van der Waals surface area contributed by atoms with Gasteiger partial charge in [0, 0.05) is 7.05 Å². The van der Waals surface area contributed by atoms with Crippen LogP contribution in [0, 0.1) is 0 Å². The van der Waals surface area contributed by atoms with Gasteiger partial charge in [0.2, 0.25) is 0 Å². The number of carbonyl (C=O) groups is 2. The fourth-order valence-electron chi connectivity index (χ4n) is 0.840. The highest BCUT2D eigenvalue weighted by molar-refractivity contribution is 5.86. The number of hydrogen-bond donors (Lipinski definition) is 2. The van der Waals surface area contributed by atoms with Gasteiger partial charge in [-0.05, 0) is 0 Å². The van der Waals surface area contributed by atoms with Crippen molar-refractivity contribution in [3.8, 4) is 0 Å². The first-order valence-corrected chi connectivity index (χ1v) is 2.86. The summed E-state index contributed by atoms with van der Waals surface area (Å²) in [6, 6.07) is -1.03. The Labute approximate surface area is 57.6 Å². The van der Waals surface area contributed by atoms with Gasteiger partial charge in [-0.15, -0.1) is 0 Å². The molecule has 0 spiro atoms. The van der Waals surface area contributed by atoms with Crippen LogP contribution in [0.15, 0.2) is 0 Å². The van der Waals surface area contributed by atoms with Crippen LogP contribution in [0.2, 0.25) is 0 Å². The standard InChI is InChI=1S/C5H8N2O3/c1-7-3(4(8)9)2-6-5(7)10/h3H,2H2,1H3,(H,6,10)(H,8,9)/t3-/m0/s1. The van der Waals surface area contributed by atoms with E-state index in [4.69, 9.17) is 5.11 Å². The highest BCUT2D eigenvalue weighted by Crippen LogP contribution is 2.02. The molecule has 2 N–H and O–H groups in total. The third kappa shape index (κ3) is 0.896. The van der Waals surface area contributed by atoms with Crippen LogP contribution < -0.4 is 5.32 Å². The number of rotatable bonds is 1. The van der Waals surface area contributed by atoms with E-state index < -0.39 is 12.0 Å². The van der Waals surface area contributed by atoms with Crippen LogP contribution in [0.4, 0.5) is 4.79 Å². The minimum absolute atomic E-state index is 0.199. The molecule has 10 heavy (non-hydrogen) atoms. The van der Waals surface area contributed by atoms with Crippen molar-refractivity contribution in [2.45, 2.75) is 6.04 Å². The molecule has 5 heteroatoms. The fourth-order valence-corrected chi connectivity index (χ4v) is 0.840. The maximum Gasteiger partial charge on any atom is 0.328 e. The largest absolute Gasteiger partial charge is 0.480 e. The van der Waals surface area contributed by atoms with Gasteiger partial charge in [0.05, 0.1) is 6.54 Å². The minimum Gasteiger partial charge on any atom is -0.480 e. The number of carboxylic acid groups (broad SMARTS) is 1. The predicted octanol–water partition coefficient (Wildman–Crippen LogP) is -0.905. The number of urea groups is 1. The van der Waals surface area contributed by atoms with Crippen LogP contribution in [-0.2, 0) is 4.79 Å². The number of aliphatic carboxylic acids is 1. The molecule has 1 aliphatic heterocycles. The topological polar surface area (TPSA) is 69.6 Å². The summed E-state index contributed by atoms with van der Waals surface area (Å²) < 4.78 is 0. The molecule has 0 saturated carbocycles. The molecule has 5 nitrogen and oxygen atoms in total. The Hall–Kier alpha value is -1.26. The summed E-state index contributed by atoms with van der Waals surface area (Å²) in [5, 5.41) is 10.9. The molecule has 0 unspecified atom stereocenters. The molecule has 0 aromatic rings. The van der Waals surface area contributed by atoms with Gasteiger partial charge in [-0.25, -0.2) is 9.59 Å². The quantitative estimate of drug-likeness (QED) is 0.500. The second-order valence-corrected chi connectivity index (χ2v) is 2.15. The van der Waals surface area contributed by atoms with Gasteiger partial charge in [0.1, 0.15) is 6.04 Å². The molecule has 1 saturated heterocycles. The van der Waals surface area contributed by atoms with Gasteiger partial charge in [0.25, 0.3) is 0 Å². The third-order valence-electron chi connectivity index (χ3n) is 1.52. The predicted molar refractivity (Wildman–Crippen MR) is 32.6 cm³/mol. The van der Waals surface area contributed by atoms with E-state index in [0.29, 0.717) is 0 Å². The molecule has 2 amide bonds. The SMILES string of the molecule is CN1C(=O)NC[C@H]1C(=O)O. The van der Waals surface area contributed by atoms with E-state index in [1.807, 2.05) is 0 Å². The van der Waals surface area contributed by atoms with Crippen molar-refractivity contribution in [2.75, 3.05) is 13.6 Å². The first-order chi connectivity index (χ1) is 4.63. The lowest BCUT2D eigenvalue weighted by Crippen LogP contribution is -2.36. The molecule has 56 valence electrons. The number of carboxylic acids is 1. The molecular formula is C5H8N2O3. The van der Waals surface area contributed by atoms with Crippen LogP contribution >= 0.6 is 0 Å². The number of likely N-dealkylation sites (N-methyl/N-ethyl adjacent to an activating group) is 1. The Kier molecular flexibility index (Phi) is 1.48. The van der Waals surface area contributed by atoms with Gasteiger partial charge in [-0.3, -0.25) is 0 Å². The zero-order valence-electron chi connectivity index (χ0n) is 5.50. The molecule has 0 bridgehead atoms. The van der Waals surface area contributed by atoms with Gasteiger partial charge >= 0.3 is 12.0 Å². The minimum atomic E-state index is -0.971. The molecule has 1 aliphatic rings. The van der Waals surface area contributed by atoms with E-state index in [1.165, 1.54) is 11.9 Å². The van der Waals surface area contributed by atoms with E-state index in [9.17, 15) is 9.59 Å². The van der Waals surface area contributed by atoms with Gasteiger partial charge in [-0.2, -0.15) is 0 Å². The van der Waals surface area contributed by atoms with Crippen molar-refractivity contribution in [3.63, 3.8) is 0 Å². The highest BCUT2D eigenvalue weighted by atomic mass is 16.4. The van der Waals surface area contributed by atoms with Gasteiger partial charge in [-0.1, -0.05) is 0 Å². The van der Waals surface area contributed by atoms with Crippen molar-refractivity contribution in [1.29, 1.82) is 0 Å². The number of hydrogen-bond acceptors (Lipinski definition) is 2. The lowest BCUT2D eigenvalue weighted by Gasteiger charge is -2.11. The maximum atomic E-state index is 10.6. The maximum absolute atomic E-state index is 10.6. The van der Waals surface area contributed by atoms with Crippen molar-refractivity contribution in [3.05, 3.63) is 0 Å². The summed E-state index contributed by atoms with van der Waals surface area (Å²) in [7, 11) is 1.46. The number of nitrogens with zero attached hydrogens (tertiary/aromatic N) is 1. The Morgan fingerprint density at radius 2 is 2.50 bits per heavy atom. The van der Waals surface area contributed by atoms with Crippen LogP contribution in [0.1, 0.15) is 0 Å². The smallest absolute Gasteiger partial charge is 0.328 e. The zero-order valence-corrected chi connectivity index (χ0v) is 5.50. The van der Waals surface area contributed by atoms with Crippen LogP contribution in [0.25, 0.3) is 0 Å². The Bertz CT molecular complexity index is 180. The summed E-state index contributed by atoms with van der Waals surface area (Å²) in [4.78, 5) is 22.1. The van der Waals surface area contributed by atoms with E-state index in [-0.39, 0.29) is 12.6 Å². The average molecular weight is 144 g/mol. The van der Waals surface area contributed by atoms with Crippen molar-refractivity contribution in [2.24, 2.45) is 0 Å². The fraction of sp³-hybridized carbons (Fsp3) is 0.600. The van der Waals surface area contributed by atoms with Gasteiger partial charge < -0.3 is 15.3 Å². The molecule has 1 atom stereocenters. The molecule has 0 aromatic carbocycles. The van der Waals surface area contributed by atoms with Crippen LogP contribution in [0.5, 0.6) is 0 Å². The van der Waals surface area contributed by atoms with E-state index in [1.54, 1.807) is 0 Å². The average Bonchev–Trinajstić information content (AvgIpc) is 2.14. The first kappa shape index (κ1) is 6.85. The van der Waals surface area contributed by atoms with Gasteiger partial charge in [0.15, 0.2) is 0 Å². The zero-order chi connectivity index (χ0) is 7.72. The number of nitrogens with one attached hydrogen (secondary N) is 1. The van der Waals surface area contributed by atoms with Crippen LogP contribution in [-0.4, -0.2) is 41.6 Å².